The summed E-state index contributed by atoms with van der Waals surface area (Å²) in [6.07, 6.45) is 4.95. The zero-order chi connectivity index (χ0) is 15.5. The molecule has 1 aromatic rings. The van der Waals surface area contributed by atoms with Crippen molar-refractivity contribution in [2.75, 3.05) is 6.61 Å². The van der Waals surface area contributed by atoms with Gasteiger partial charge in [-0.2, -0.15) is 0 Å². The number of hydrogen-bond donors (Lipinski definition) is 2. The van der Waals surface area contributed by atoms with Crippen LogP contribution in [0.4, 0.5) is 0 Å². The lowest BCUT2D eigenvalue weighted by Crippen LogP contribution is -2.48. The van der Waals surface area contributed by atoms with E-state index in [1.807, 2.05) is 0 Å². The van der Waals surface area contributed by atoms with Crippen LogP contribution in [0.1, 0.15) is 32.1 Å². The molecule has 2 unspecified atom stereocenters. The molecule has 0 aliphatic carbocycles. The smallest absolute Gasteiger partial charge is 0.223 e. The summed E-state index contributed by atoms with van der Waals surface area (Å²) < 4.78 is 6.43. The van der Waals surface area contributed by atoms with Crippen molar-refractivity contribution in [3.8, 4) is 5.75 Å². The first-order valence-electron chi connectivity index (χ1n) is 7.73. The van der Waals surface area contributed by atoms with Crippen LogP contribution in [-0.2, 0) is 4.79 Å². The highest BCUT2D eigenvalue weighted by Crippen LogP contribution is 2.28. The van der Waals surface area contributed by atoms with Gasteiger partial charge in [-0.25, -0.2) is 0 Å². The zero-order valence-corrected chi connectivity index (χ0v) is 14.6. The molecule has 6 heteroatoms. The van der Waals surface area contributed by atoms with E-state index in [1.54, 1.807) is 18.2 Å². The van der Waals surface area contributed by atoms with Crippen LogP contribution in [0.5, 0.6) is 5.75 Å². The fraction of sp³-hybridized carbons (Fsp3) is 0.562. The minimum atomic E-state index is 0.0661. The third-order valence-corrected chi connectivity index (χ3v) is 5.17. The Morgan fingerprint density at radius 1 is 1.36 bits per heavy atom. The first-order chi connectivity index (χ1) is 10.6. The van der Waals surface area contributed by atoms with Crippen molar-refractivity contribution in [1.82, 2.24) is 10.6 Å². The highest BCUT2D eigenvalue weighted by Gasteiger charge is 2.33. The van der Waals surface area contributed by atoms with Gasteiger partial charge in [-0.3, -0.25) is 4.79 Å². The Morgan fingerprint density at radius 3 is 2.77 bits per heavy atom. The average molecular weight is 388 g/mol. The Kier molecular flexibility index (Phi) is 5.26. The number of carbonyl (C=O) groups excluding carboxylic acids is 1. The molecule has 0 radical (unpaired) electrons. The van der Waals surface area contributed by atoms with Crippen LogP contribution < -0.4 is 15.4 Å². The molecule has 1 aromatic carbocycles. The second-order valence-corrected chi connectivity index (χ2v) is 7.34. The summed E-state index contributed by atoms with van der Waals surface area (Å²) >= 11 is 9.28. The Morgan fingerprint density at radius 2 is 2.09 bits per heavy atom. The van der Waals surface area contributed by atoms with Crippen LogP contribution in [0.3, 0.4) is 0 Å². The van der Waals surface area contributed by atoms with E-state index in [0.29, 0.717) is 41.9 Å². The summed E-state index contributed by atoms with van der Waals surface area (Å²) in [5, 5.41) is 7.37. The van der Waals surface area contributed by atoms with Crippen LogP contribution >= 0.6 is 27.5 Å². The summed E-state index contributed by atoms with van der Waals surface area (Å²) in [5.41, 5.74) is 0. The van der Waals surface area contributed by atoms with Crippen molar-refractivity contribution in [2.24, 2.45) is 0 Å². The van der Waals surface area contributed by atoms with E-state index in [0.717, 1.165) is 17.3 Å². The topological polar surface area (TPSA) is 50.4 Å². The lowest BCUT2D eigenvalue weighted by Gasteiger charge is -2.29. The van der Waals surface area contributed by atoms with Gasteiger partial charge >= 0.3 is 0 Å². The van der Waals surface area contributed by atoms with Crippen molar-refractivity contribution >= 4 is 33.4 Å². The summed E-state index contributed by atoms with van der Waals surface area (Å²) in [6.45, 7) is 0.365. The molecule has 2 saturated heterocycles. The number of nitrogens with one attached hydrogen (secondary N) is 2. The quantitative estimate of drug-likeness (QED) is 0.815. The van der Waals surface area contributed by atoms with E-state index in [-0.39, 0.29) is 5.91 Å². The monoisotopic (exact) mass is 386 g/mol. The van der Waals surface area contributed by atoms with Crippen molar-refractivity contribution in [1.29, 1.82) is 0 Å². The van der Waals surface area contributed by atoms with Crippen LogP contribution in [-0.4, -0.2) is 30.6 Å². The van der Waals surface area contributed by atoms with Crippen LogP contribution in [0.2, 0.25) is 5.02 Å². The second kappa shape index (κ2) is 7.20. The standard InChI is InChI=1S/C16H20BrClN2O2/c17-14-7-10(18)1-4-15(14)22-6-5-16(21)20-13-8-11-2-3-12(9-13)19-11/h1,4,7,11-13,19H,2-3,5-6,8-9H2,(H,20,21). The number of ether oxygens (including phenoxy) is 1. The number of hydrogen-bond acceptors (Lipinski definition) is 3. The van der Waals surface area contributed by atoms with Gasteiger partial charge in [0.1, 0.15) is 5.75 Å². The summed E-state index contributed by atoms with van der Waals surface area (Å²) in [7, 11) is 0. The number of piperidine rings is 1. The first kappa shape index (κ1) is 16.1. The predicted molar refractivity (Wildman–Crippen MR) is 90.4 cm³/mol. The van der Waals surface area contributed by atoms with Gasteiger partial charge in [0.25, 0.3) is 0 Å². The highest BCUT2D eigenvalue weighted by molar-refractivity contribution is 9.10. The maximum Gasteiger partial charge on any atom is 0.223 e. The van der Waals surface area contributed by atoms with Crippen molar-refractivity contribution in [3.63, 3.8) is 0 Å². The third-order valence-electron chi connectivity index (χ3n) is 4.32. The third kappa shape index (κ3) is 4.15. The second-order valence-electron chi connectivity index (χ2n) is 6.05. The number of carbonyl (C=O) groups is 1. The van der Waals surface area contributed by atoms with Gasteiger partial charge in [0.2, 0.25) is 5.91 Å². The molecule has 2 atom stereocenters. The Labute approximate surface area is 144 Å². The first-order valence-corrected chi connectivity index (χ1v) is 8.90. The number of fused-ring (bicyclic) bond motifs is 2. The molecule has 2 heterocycles. The Balaban J connectivity index is 1.41. The Hall–Kier alpha value is -0.780. The molecule has 2 bridgehead atoms. The normalized spacial score (nSPS) is 26.7. The maximum absolute atomic E-state index is 12.0. The highest BCUT2D eigenvalue weighted by atomic mass is 79.9. The fourth-order valence-electron chi connectivity index (χ4n) is 3.32. The van der Waals surface area contributed by atoms with E-state index in [1.165, 1.54) is 12.8 Å². The molecule has 120 valence electrons. The number of benzene rings is 1. The lowest BCUT2D eigenvalue weighted by molar-refractivity contribution is -0.122. The van der Waals surface area contributed by atoms with Gasteiger partial charge in [-0.15, -0.1) is 0 Å². The van der Waals surface area contributed by atoms with E-state index in [2.05, 4.69) is 26.6 Å². The van der Waals surface area contributed by atoms with Crippen LogP contribution in [0.15, 0.2) is 22.7 Å². The molecule has 22 heavy (non-hydrogen) atoms. The predicted octanol–water partition coefficient (Wildman–Crippen LogP) is 3.27. The molecular weight excluding hydrogens is 368 g/mol. The molecule has 1 amide bonds. The van der Waals surface area contributed by atoms with Crippen molar-refractivity contribution < 1.29 is 9.53 Å². The average Bonchev–Trinajstić information content (AvgIpc) is 2.80. The molecular formula is C16H20BrClN2O2. The maximum atomic E-state index is 12.0. The summed E-state index contributed by atoms with van der Waals surface area (Å²) in [5.74, 6) is 0.772. The fourth-order valence-corrected chi connectivity index (χ4v) is 4.12. The van der Waals surface area contributed by atoms with Crippen LogP contribution in [0.25, 0.3) is 0 Å². The van der Waals surface area contributed by atoms with Gasteiger partial charge in [0, 0.05) is 23.1 Å². The number of rotatable bonds is 5. The lowest BCUT2D eigenvalue weighted by atomic mass is 10.00. The molecule has 4 nitrogen and oxygen atoms in total. The summed E-state index contributed by atoms with van der Waals surface area (Å²) in [6, 6.07) is 6.84. The molecule has 2 aliphatic rings. The molecule has 0 aromatic heterocycles. The minimum absolute atomic E-state index is 0.0661. The van der Waals surface area contributed by atoms with Crippen LogP contribution in [0, 0.1) is 0 Å². The van der Waals surface area contributed by atoms with Crippen molar-refractivity contribution in [2.45, 2.75) is 50.2 Å². The van der Waals surface area contributed by atoms with Gasteiger partial charge in [0.15, 0.2) is 0 Å². The molecule has 0 spiro atoms. The van der Waals surface area contributed by atoms with Gasteiger partial charge in [-0.1, -0.05) is 11.6 Å². The molecule has 2 aliphatic heterocycles. The molecule has 0 saturated carbocycles. The number of amides is 1. The summed E-state index contributed by atoms with van der Waals surface area (Å²) in [4.78, 5) is 12.0. The SMILES string of the molecule is O=C(CCOc1ccc(Cl)cc1Br)NC1CC2CCC(C1)N2. The molecule has 3 rings (SSSR count). The van der Waals surface area contributed by atoms with E-state index >= 15 is 0 Å². The van der Waals surface area contributed by atoms with Crippen molar-refractivity contribution in [3.05, 3.63) is 27.7 Å². The van der Waals surface area contributed by atoms with E-state index in [9.17, 15) is 4.79 Å². The molecule has 2 fully saturated rings. The minimum Gasteiger partial charge on any atom is -0.492 e. The molecule has 2 N–H and O–H groups in total. The zero-order valence-electron chi connectivity index (χ0n) is 12.3. The van der Waals surface area contributed by atoms with Gasteiger partial charge < -0.3 is 15.4 Å². The Bertz CT molecular complexity index is 543. The van der Waals surface area contributed by atoms with E-state index < -0.39 is 0 Å². The van der Waals surface area contributed by atoms with Gasteiger partial charge in [0.05, 0.1) is 17.5 Å². The largest absolute Gasteiger partial charge is 0.492 e. The van der Waals surface area contributed by atoms with E-state index in [4.69, 9.17) is 16.3 Å². The van der Waals surface area contributed by atoms with Gasteiger partial charge in [-0.05, 0) is 59.8 Å². The number of halogens is 2.